The molecule has 0 radical (unpaired) electrons. The van der Waals surface area contributed by atoms with Gasteiger partial charge in [-0.2, -0.15) is 12.7 Å². The van der Waals surface area contributed by atoms with Crippen molar-refractivity contribution >= 4 is 10.2 Å². The molecule has 1 fully saturated rings. The minimum atomic E-state index is -3.20. The third-order valence-corrected chi connectivity index (χ3v) is 4.00. The molecule has 13 heavy (non-hydrogen) atoms. The molecule has 0 aliphatic heterocycles. The van der Waals surface area contributed by atoms with Crippen LogP contribution in [0.1, 0.15) is 25.7 Å². The Hall–Kier alpha value is -0.130. The summed E-state index contributed by atoms with van der Waals surface area (Å²) in [6, 6.07) is 0. The maximum atomic E-state index is 11.3. The van der Waals surface area contributed by atoms with Crippen molar-refractivity contribution in [2.24, 2.45) is 5.92 Å². The van der Waals surface area contributed by atoms with E-state index in [1.54, 1.807) is 0 Å². The molecule has 0 unspecified atom stereocenters. The molecule has 0 amide bonds. The van der Waals surface area contributed by atoms with Crippen LogP contribution in [-0.2, 0) is 10.2 Å². The van der Waals surface area contributed by atoms with E-state index < -0.39 is 10.2 Å². The molecule has 78 valence electrons. The average Bonchev–Trinajstić information content (AvgIpc) is 2.52. The predicted octanol–water partition coefficient (Wildman–Crippen LogP) is 0.573. The lowest BCUT2D eigenvalue weighted by molar-refractivity contribution is 0.479. The zero-order chi connectivity index (χ0) is 9.90. The van der Waals surface area contributed by atoms with Crippen molar-refractivity contribution in [1.82, 2.24) is 9.03 Å². The van der Waals surface area contributed by atoms with E-state index in [0.29, 0.717) is 12.5 Å². The van der Waals surface area contributed by atoms with Gasteiger partial charge in [-0.25, -0.2) is 4.72 Å². The molecule has 1 rings (SSSR count). The van der Waals surface area contributed by atoms with Crippen molar-refractivity contribution in [2.75, 3.05) is 20.6 Å². The van der Waals surface area contributed by atoms with Gasteiger partial charge in [0.15, 0.2) is 0 Å². The maximum Gasteiger partial charge on any atom is 0.278 e. The summed E-state index contributed by atoms with van der Waals surface area (Å²) in [5, 5.41) is 0. The van der Waals surface area contributed by atoms with Gasteiger partial charge in [0.1, 0.15) is 0 Å². The van der Waals surface area contributed by atoms with Crippen molar-refractivity contribution in [2.45, 2.75) is 25.7 Å². The molecule has 0 spiro atoms. The van der Waals surface area contributed by atoms with Gasteiger partial charge >= 0.3 is 0 Å². The fourth-order valence-corrected chi connectivity index (χ4v) is 2.27. The van der Waals surface area contributed by atoms with E-state index in [1.807, 2.05) is 0 Å². The number of nitrogens with zero attached hydrogens (tertiary/aromatic N) is 1. The molecule has 0 aromatic heterocycles. The SMILES string of the molecule is CN(C)S(=O)(=O)NCC1CCCC1. The lowest BCUT2D eigenvalue weighted by atomic mass is 10.1. The number of nitrogens with one attached hydrogen (secondary N) is 1. The molecular weight excluding hydrogens is 188 g/mol. The van der Waals surface area contributed by atoms with Crippen LogP contribution in [0.2, 0.25) is 0 Å². The normalized spacial score (nSPS) is 19.9. The van der Waals surface area contributed by atoms with Crippen molar-refractivity contribution < 1.29 is 8.42 Å². The Morgan fingerprint density at radius 1 is 1.31 bits per heavy atom. The van der Waals surface area contributed by atoms with E-state index in [1.165, 1.54) is 31.2 Å². The van der Waals surface area contributed by atoms with Gasteiger partial charge in [-0.1, -0.05) is 12.8 Å². The van der Waals surface area contributed by atoms with Crippen LogP contribution in [0.5, 0.6) is 0 Å². The molecule has 1 N–H and O–H groups in total. The molecule has 0 aromatic rings. The highest BCUT2D eigenvalue weighted by Gasteiger charge is 2.19. The topological polar surface area (TPSA) is 49.4 Å². The second-order valence-electron chi connectivity index (χ2n) is 3.79. The molecule has 0 bridgehead atoms. The fourth-order valence-electron chi connectivity index (χ4n) is 1.57. The zero-order valence-corrected chi connectivity index (χ0v) is 9.10. The van der Waals surface area contributed by atoms with E-state index in [-0.39, 0.29) is 0 Å². The quantitative estimate of drug-likeness (QED) is 0.731. The van der Waals surface area contributed by atoms with Crippen LogP contribution in [-0.4, -0.2) is 33.4 Å². The summed E-state index contributed by atoms with van der Waals surface area (Å²) < 4.78 is 26.4. The average molecular weight is 206 g/mol. The molecule has 0 heterocycles. The van der Waals surface area contributed by atoms with Crippen LogP contribution < -0.4 is 4.72 Å². The van der Waals surface area contributed by atoms with Gasteiger partial charge in [0.2, 0.25) is 0 Å². The first-order chi connectivity index (χ1) is 6.02. The highest BCUT2D eigenvalue weighted by atomic mass is 32.2. The van der Waals surface area contributed by atoms with E-state index in [0.717, 1.165) is 12.8 Å². The Bertz CT molecular complexity index is 243. The van der Waals surface area contributed by atoms with E-state index in [4.69, 9.17) is 0 Å². The Morgan fingerprint density at radius 3 is 2.31 bits per heavy atom. The summed E-state index contributed by atoms with van der Waals surface area (Å²) in [6.45, 7) is 0.598. The van der Waals surface area contributed by atoms with Crippen LogP contribution in [0.15, 0.2) is 0 Å². The van der Waals surface area contributed by atoms with Crippen LogP contribution in [0.3, 0.4) is 0 Å². The lowest BCUT2D eigenvalue weighted by Crippen LogP contribution is -2.37. The zero-order valence-electron chi connectivity index (χ0n) is 8.28. The number of hydrogen-bond acceptors (Lipinski definition) is 2. The van der Waals surface area contributed by atoms with Crippen molar-refractivity contribution in [3.8, 4) is 0 Å². The summed E-state index contributed by atoms with van der Waals surface area (Å²) in [7, 11) is -0.125. The van der Waals surface area contributed by atoms with Gasteiger partial charge < -0.3 is 0 Å². The van der Waals surface area contributed by atoms with Crippen LogP contribution >= 0.6 is 0 Å². The Morgan fingerprint density at radius 2 is 1.85 bits per heavy atom. The van der Waals surface area contributed by atoms with Crippen molar-refractivity contribution in [3.63, 3.8) is 0 Å². The first kappa shape index (κ1) is 10.9. The molecule has 5 heteroatoms. The summed E-state index contributed by atoms with van der Waals surface area (Å²) in [5.41, 5.74) is 0. The highest BCUT2D eigenvalue weighted by Crippen LogP contribution is 2.23. The monoisotopic (exact) mass is 206 g/mol. The highest BCUT2D eigenvalue weighted by molar-refractivity contribution is 7.87. The molecule has 1 saturated carbocycles. The summed E-state index contributed by atoms with van der Waals surface area (Å²) in [4.78, 5) is 0. The van der Waals surface area contributed by atoms with Gasteiger partial charge in [0.05, 0.1) is 0 Å². The van der Waals surface area contributed by atoms with E-state index >= 15 is 0 Å². The largest absolute Gasteiger partial charge is 0.278 e. The van der Waals surface area contributed by atoms with Gasteiger partial charge in [-0.05, 0) is 18.8 Å². The molecule has 0 atom stereocenters. The lowest BCUT2D eigenvalue weighted by Gasteiger charge is -2.14. The smallest absolute Gasteiger partial charge is 0.202 e. The third-order valence-electron chi connectivity index (χ3n) is 2.51. The molecular formula is C8H18N2O2S. The van der Waals surface area contributed by atoms with Crippen LogP contribution in [0, 0.1) is 5.92 Å². The van der Waals surface area contributed by atoms with E-state index in [9.17, 15) is 8.42 Å². The van der Waals surface area contributed by atoms with Gasteiger partial charge in [-0.15, -0.1) is 0 Å². The minimum Gasteiger partial charge on any atom is -0.202 e. The van der Waals surface area contributed by atoms with E-state index in [2.05, 4.69) is 4.72 Å². The molecule has 0 aromatic carbocycles. The second kappa shape index (κ2) is 4.39. The first-order valence-electron chi connectivity index (χ1n) is 4.69. The molecule has 1 aliphatic rings. The molecule has 4 nitrogen and oxygen atoms in total. The second-order valence-corrected chi connectivity index (χ2v) is 5.76. The number of rotatable bonds is 4. The van der Waals surface area contributed by atoms with Gasteiger partial charge in [0.25, 0.3) is 10.2 Å². The van der Waals surface area contributed by atoms with Crippen LogP contribution in [0.25, 0.3) is 0 Å². The standard InChI is InChI=1S/C8H18N2O2S/c1-10(2)13(11,12)9-7-8-5-3-4-6-8/h8-9H,3-7H2,1-2H3. The third kappa shape index (κ3) is 3.25. The Kier molecular flexibility index (Phi) is 3.70. The Labute approximate surface area is 80.5 Å². The fraction of sp³-hybridized carbons (Fsp3) is 1.00. The maximum absolute atomic E-state index is 11.3. The predicted molar refractivity (Wildman–Crippen MR) is 52.6 cm³/mol. The van der Waals surface area contributed by atoms with Crippen LogP contribution in [0.4, 0.5) is 0 Å². The molecule has 1 aliphatic carbocycles. The summed E-state index contributed by atoms with van der Waals surface area (Å²) in [6.07, 6.45) is 4.81. The van der Waals surface area contributed by atoms with Gasteiger partial charge in [0, 0.05) is 20.6 Å². The molecule has 0 saturated heterocycles. The van der Waals surface area contributed by atoms with Crippen molar-refractivity contribution in [3.05, 3.63) is 0 Å². The number of hydrogen-bond donors (Lipinski definition) is 1. The van der Waals surface area contributed by atoms with Crippen molar-refractivity contribution in [1.29, 1.82) is 0 Å². The summed E-state index contributed by atoms with van der Waals surface area (Å²) >= 11 is 0. The minimum absolute atomic E-state index is 0.551. The Balaban J connectivity index is 2.33. The first-order valence-corrected chi connectivity index (χ1v) is 6.13. The van der Waals surface area contributed by atoms with Gasteiger partial charge in [-0.3, -0.25) is 0 Å². The summed E-state index contributed by atoms with van der Waals surface area (Å²) in [5.74, 6) is 0.551.